The number of nitrogens with one attached hydrogen (secondary N) is 1. The lowest BCUT2D eigenvalue weighted by Crippen LogP contribution is -2.28. The predicted octanol–water partition coefficient (Wildman–Crippen LogP) is 3.53. The quantitative estimate of drug-likeness (QED) is 0.893. The lowest BCUT2D eigenvalue weighted by atomic mass is 10.0. The van der Waals surface area contributed by atoms with Crippen molar-refractivity contribution < 1.29 is 8.42 Å². The van der Waals surface area contributed by atoms with Crippen LogP contribution in [0.15, 0.2) is 64.0 Å². The minimum Gasteiger partial charge on any atom is -0.211 e. The Morgan fingerprint density at radius 2 is 1.65 bits per heavy atom. The van der Waals surface area contributed by atoms with Crippen LogP contribution in [0, 0.1) is 0 Å². The molecule has 0 aliphatic heterocycles. The third kappa shape index (κ3) is 3.69. The molecule has 2 aromatic carbocycles. The monoisotopic (exact) mass is 353 g/mol. The summed E-state index contributed by atoms with van der Waals surface area (Å²) in [6.07, 6.45) is 0. The van der Waals surface area contributed by atoms with Gasteiger partial charge in [0.1, 0.15) is 0 Å². The SMILES string of the molecule is C[C@H](CNS(=O)(=O)c1ccccc1Br)c1ccccc1. The normalized spacial score (nSPS) is 13.1. The van der Waals surface area contributed by atoms with Crippen LogP contribution in [-0.4, -0.2) is 15.0 Å². The van der Waals surface area contributed by atoms with Crippen LogP contribution in [0.3, 0.4) is 0 Å². The van der Waals surface area contributed by atoms with E-state index >= 15 is 0 Å². The summed E-state index contributed by atoms with van der Waals surface area (Å²) in [5.41, 5.74) is 1.11. The van der Waals surface area contributed by atoms with Crippen molar-refractivity contribution in [2.45, 2.75) is 17.7 Å². The molecule has 0 saturated carbocycles. The minimum atomic E-state index is -3.49. The zero-order valence-electron chi connectivity index (χ0n) is 11.1. The number of sulfonamides is 1. The third-order valence-electron chi connectivity index (χ3n) is 3.07. The van der Waals surface area contributed by atoms with Crippen LogP contribution in [0.1, 0.15) is 18.4 Å². The van der Waals surface area contributed by atoms with Crippen LogP contribution in [0.2, 0.25) is 0 Å². The first kappa shape index (κ1) is 15.2. The number of hydrogen-bond donors (Lipinski definition) is 1. The first-order valence-electron chi connectivity index (χ1n) is 6.30. The molecule has 0 bridgehead atoms. The van der Waals surface area contributed by atoms with Crippen molar-refractivity contribution in [2.75, 3.05) is 6.54 Å². The van der Waals surface area contributed by atoms with Gasteiger partial charge >= 0.3 is 0 Å². The number of hydrogen-bond acceptors (Lipinski definition) is 2. The average Bonchev–Trinajstić information content (AvgIpc) is 2.46. The molecule has 20 heavy (non-hydrogen) atoms. The van der Waals surface area contributed by atoms with E-state index in [1.807, 2.05) is 37.3 Å². The smallest absolute Gasteiger partial charge is 0.211 e. The highest BCUT2D eigenvalue weighted by Crippen LogP contribution is 2.21. The number of halogens is 1. The summed E-state index contributed by atoms with van der Waals surface area (Å²) in [5.74, 6) is 0.119. The molecule has 0 spiro atoms. The molecule has 106 valence electrons. The van der Waals surface area contributed by atoms with Crippen molar-refractivity contribution in [2.24, 2.45) is 0 Å². The summed E-state index contributed by atoms with van der Waals surface area (Å²) < 4.78 is 27.7. The second kappa shape index (κ2) is 6.52. The fourth-order valence-corrected chi connectivity index (χ4v) is 4.01. The van der Waals surface area contributed by atoms with Crippen LogP contribution in [-0.2, 0) is 10.0 Å². The molecule has 5 heteroatoms. The topological polar surface area (TPSA) is 46.2 Å². The van der Waals surface area contributed by atoms with E-state index in [0.717, 1.165) is 5.56 Å². The molecule has 0 aliphatic carbocycles. The van der Waals surface area contributed by atoms with Gasteiger partial charge in [-0.15, -0.1) is 0 Å². The van der Waals surface area contributed by atoms with E-state index in [9.17, 15) is 8.42 Å². The largest absolute Gasteiger partial charge is 0.241 e. The van der Waals surface area contributed by atoms with Crippen molar-refractivity contribution in [1.29, 1.82) is 0 Å². The van der Waals surface area contributed by atoms with E-state index in [4.69, 9.17) is 0 Å². The van der Waals surface area contributed by atoms with Crippen LogP contribution in [0.5, 0.6) is 0 Å². The Balaban J connectivity index is 2.09. The van der Waals surface area contributed by atoms with Crippen molar-refractivity contribution in [3.05, 3.63) is 64.6 Å². The van der Waals surface area contributed by atoms with Gasteiger partial charge in [0.2, 0.25) is 10.0 Å². The van der Waals surface area contributed by atoms with Gasteiger partial charge in [-0.25, -0.2) is 13.1 Å². The molecular formula is C15H16BrNO2S. The zero-order chi connectivity index (χ0) is 14.6. The van der Waals surface area contributed by atoms with E-state index in [-0.39, 0.29) is 10.8 Å². The van der Waals surface area contributed by atoms with E-state index in [2.05, 4.69) is 20.7 Å². The predicted molar refractivity (Wildman–Crippen MR) is 84.2 cm³/mol. The van der Waals surface area contributed by atoms with Crippen molar-refractivity contribution in [3.8, 4) is 0 Å². The van der Waals surface area contributed by atoms with Crippen LogP contribution in [0.4, 0.5) is 0 Å². The summed E-state index contributed by atoms with van der Waals surface area (Å²) in [5, 5.41) is 0. The molecule has 2 rings (SSSR count). The van der Waals surface area contributed by atoms with Gasteiger partial charge in [-0.1, -0.05) is 49.4 Å². The van der Waals surface area contributed by atoms with Gasteiger partial charge in [0.25, 0.3) is 0 Å². The lowest BCUT2D eigenvalue weighted by molar-refractivity contribution is 0.574. The Morgan fingerprint density at radius 3 is 2.30 bits per heavy atom. The Morgan fingerprint density at radius 1 is 1.05 bits per heavy atom. The van der Waals surface area contributed by atoms with E-state index in [1.54, 1.807) is 24.3 Å². The van der Waals surface area contributed by atoms with Crippen LogP contribution >= 0.6 is 15.9 Å². The van der Waals surface area contributed by atoms with E-state index < -0.39 is 10.0 Å². The summed E-state index contributed by atoms with van der Waals surface area (Å²) in [6.45, 7) is 2.37. The standard InChI is InChI=1S/C15H16BrNO2S/c1-12(13-7-3-2-4-8-13)11-17-20(18,19)15-10-6-5-9-14(15)16/h2-10,12,17H,11H2,1H3/t12-/m1/s1. The second-order valence-corrected chi connectivity index (χ2v) is 7.18. The zero-order valence-corrected chi connectivity index (χ0v) is 13.5. The Kier molecular flexibility index (Phi) is 4.96. The maximum atomic E-state index is 12.2. The first-order chi connectivity index (χ1) is 9.50. The summed E-state index contributed by atoms with van der Waals surface area (Å²) >= 11 is 3.26. The van der Waals surface area contributed by atoms with E-state index in [0.29, 0.717) is 11.0 Å². The molecule has 0 aromatic heterocycles. The summed E-state index contributed by atoms with van der Waals surface area (Å²) in [4.78, 5) is 0.264. The molecular weight excluding hydrogens is 338 g/mol. The molecule has 0 unspecified atom stereocenters. The highest BCUT2D eigenvalue weighted by atomic mass is 79.9. The number of rotatable bonds is 5. The van der Waals surface area contributed by atoms with Crippen molar-refractivity contribution in [1.82, 2.24) is 4.72 Å². The van der Waals surface area contributed by atoms with E-state index in [1.165, 1.54) is 0 Å². The van der Waals surface area contributed by atoms with Gasteiger partial charge in [-0.3, -0.25) is 0 Å². The minimum absolute atomic E-state index is 0.119. The van der Waals surface area contributed by atoms with Crippen LogP contribution in [0.25, 0.3) is 0 Å². The molecule has 0 fully saturated rings. The lowest BCUT2D eigenvalue weighted by Gasteiger charge is -2.14. The maximum absolute atomic E-state index is 12.2. The van der Waals surface area contributed by atoms with Gasteiger partial charge < -0.3 is 0 Å². The average molecular weight is 354 g/mol. The Bertz CT molecular complexity index is 671. The highest BCUT2D eigenvalue weighted by Gasteiger charge is 2.18. The fraction of sp³-hybridized carbons (Fsp3) is 0.200. The van der Waals surface area contributed by atoms with Crippen LogP contribution < -0.4 is 4.72 Å². The van der Waals surface area contributed by atoms with Gasteiger partial charge in [-0.05, 0) is 39.5 Å². The fourth-order valence-electron chi connectivity index (χ4n) is 1.87. The molecule has 0 aliphatic rings. The van der Waals surface area contributed by atoms with Gasteiger partial charge in [0.05, 0.1) is 4.90 Å². The van der Waals surface area contributed by atoms with Gasteiger partial charge in [0, 0.05) is 11.0 Å². The third-order valence-corrected chi connectivity index (χ3v) is 5.51. The summed E-state index contributed by atoms with van der Waals surface area (Å²) in [7, 11) is -3.49. The molecule has 3 nitrogen and oxygen atoms in total. The Labute approximate surface area is 128 Å². The molecule has 0 radical (unpaired) electrons. The highest BCUT2D eigenvalue weighted by molar-refractivity contribution is 9.10. The summed E-state index contributed by atoms with van der Waals surface area (Å²) in [6, 6.07) is 16.6. The van der Waals surface area contributed by atoms with Gasteiger partial charge in [0.15, 0.2) is 0 Å². The Hall–Kier alpha value is -1.17. The molecule has 0 heterocycles. The second-order valence-electron chi connectivity index (χ2n) is 4.59. The van der Waals surface area contributed by atoms with Gasteiger partial charge in [-0.2, -0.15) is 0 Å². The maximum Gasteiger partial charge on any atom is 0.241 e. The first-order valence-corrected chi connectivity index (χ1v) is 8.57. The molecule has 0 amide bonds. The molecule has 0 saturated heterocycles. The molecule has 1 N–H and O–H groups in total. The van der Waals surface area contributed by atoms with Crippen molar-refractivity contribution >= 4 is 26.0 Å². The molecule has 2 aromatic rings. The molecule has 1 atom stereocenters. The number of benzene rings is 2. The van der Waals surface area contributed by atoms with Crippen molar-refractivity contribution in [3.63, 3.8) is 0 Å².